The Morgan fingerprint density at radius 3 is 2.47 bits per heavy atom. The molecule has 0 amide bonds. The minimum atomic E-state index is -0.231. The first-order valence-electron chi connectivity index (χ1n) is 5.30. The summed E-state index contributed by atoms with van der Waals surface area (Å²) in [4.78, 5) is 0. The van der Waals surface area contributed by atoms with Crippen molar-refractivity contribution in [2.24, 2.45) is 0 Å². The van der Waals surface area contributed by atoms with Gasteiger partial charge in [0.25, 0.3) is 0 Å². The van der Waals surface area contributed by atoms with Gasteiger partial charge in [-0.15, -0.1) is 0 Å². The molecular weight excluding hydrogens is 210 g/mol. The predicted molar refractivity (Wildman–Crippen MR) is 65.5 cm³/mol. The van der Waals surface area contributed by atoms with Gasteiger partial charge in [0, 0.05) is 10.7 Å². The van der Waals surface area contributed by atoms with Gasteiger partial charge in [0.2, 0.25) is 0 Å². The van der Waals surface area contributed by atoms with E-state index in [-0.39, 0.29) is 12.1 Å². The molecule has 0 aliphatic heterocycles. The number of rotatable bonds is 5. The zero-order valence-corrected chi connectivity index (χ0v) is 10.0. The second-order valence-electron chi connectivity index (χ2n) is 3.78. The van der Waals surface area contributed by atoms with Crippen LogP contribution in [0, 0.1) is 0 Å². The molecule has 0 bridgehead atoms. The molecule has 2 N–H and O–H groups in total. The molecular formula is C12H18ClNO. The average Bonchev–Trinajstić information content (AvgIpc) is 2.26. The lowest BCUT2D eigenvalue weighted by Gasteiger charge is -2.32. The van der Waals surface area contributed by atoms with E-state index in [0.717, 1.165) is 18.5 Å². The van der Waals surface area contributed by atoms with Gasteiger partial charge < -0.3 is 10.4 Å². The number of anilines is 1. The van der Waals surface area contributed by atoms with Gasteiger partial charge in [-0.2, -0.15) is 0 Å². The molecule has 0 spiro atoms. The first-order chi connectivity index (χ1) is 7.15. The van der Waals surface area contributed by atoms with Crippen LogP contribution in [0.25, 0.3) is 0 Å². The molecule has 0 aliphatic rings. The molecule has 0 saturated heterocycles. The number of benzene rings is 1. The first-order valence-corrected chi connectivity index (χ1v) is 5.68. The summed E-state index contributed by atoms with van der Waals surface area (Å²) in [6.45, 7) is 4.26. The Balaban J connectivity index is 2.82. The van der Waals surface area contributed by atoms with Crippen LogP contribution in [0.5, 0.6) is 0 Å². The third-order valence-electron chi connectivity index (χ3n) is 2.89. The van der Waals surface area contributed by atoms with Crippen LogP contribution < -0.4 is 5.32 Å². The Kier molecular flexibility index (Phi) is 4.43. The van der Waals surface area contributed by atoms with Crippen LogP contribution in [0.15, 0.2) is 24.3 Å². The fourth-order valence-corrected chi connectivity index (χ4v) is 1.75. The second kappa shape index (κ2) is 5.38. The number of halogens is 1. The lowest BCUT2D eigenvalue weighted by Crippen LogP contribution is -2.40. The van der Waals surface area contributed by atoms with Gasteiger partial charge in [0.05, 0.1) is 12.1 Å². The number of hydrogen-bond donors (Lipinski definition) is 2. The van der Waals surface area contributed by atoms with E-state index in [0.29, 0.717) is 5.02 Å². The molecule has 0 aromatic heterocycles. The van der Waals surface area contributed by atoms with Crippen LogP contribution in [0.3, 0.4) is 0 Å². The molecule has 0 fully saturated rings. The summed E-state index contributed by atoms with van der Waals surface area (Å²) in [7, 11) is 0. The molecule has 0 aliphatic carbocycles. The number of hydrogen-bond acceptors (Lipinski definition) is 2. The van der Waals surface area contributed by atoms with E-state index in [1.54, 1.807) is 0 Å². The van der Waals surface area contributed by atoms with Crippen LogP contribution in [0.4, 0.5) is 5.69 Å². The molecule has 0 heterocycles. The summed E-state index contributed by atoms with van der Waals surface area (Å²) >= 11 is 5.90. The van der Waals surface area contributed by atoms with E-state index in [1.807, 2.05) is 24.3 Å². The number of aliphatic hydroxyl groups is 1. The molecule has 84 valence electrons. The second-order valence-corrected chi connectivity index (χ2v) is 4.22. The summed E-state index contributed by atoms with van der Waals surface area (Å²) in [6.07, 6.45) is 1.76. The monoisotopic (exact) mass is 227 g/mol. The average molecular weight is 228 g/mol. The van der Waals surface area contributed by atoms with Crippen LogP contribution in [-0.2, 0) is 0 Å². The van der Waals surface area contributed by atoms with Crippen LogP contribution >= 0.6 is 11.6 Å². The van der Waals surface area contributed by atoms with Gasteiger partial charge in [0.15, 0.2) is 0 Å². The maximum Gasteiger partial charge on any atom is 0.0661 e. The van der Waals surface area contributed by atoms with E-state index in [2.05, 4.69) is 19.2 Å². The minimum absolute atomic E-state index is 0.131. The Morgan fingerprint density at radius 1 is 1.33 bits per heavy atom. The lowest BCUT2D eigenvalue weighted by atomic mass is 9.93. The van der Waals surface area contributed by atoms with Gasteiger partial charge in [0.1, 0.15) is 0 Å². The van der Waals surface area contributed by atoms with E-state index in [1.165, 1.54) is 0 Å². The largest absolute Gasteiger partial charge is 0.394 e. The maximum absolute atomic E-state index is 9.41. The zero-order valence-electron chi connectivity index (χ0n) is 9.26. The van der Waals surface area contributed by atoms with E-state index in [4.69, 9.17) is 11.6 Å². The Bertz CT molecular complexity index is 302. The topological polar surface area (TPSA) is 32.3 Å². The van der Waals surface area contributed by atoms with Crippen molar-refractivity contribution in [3.05, 3.63) is 29.3 Å². The molecule has 15 heavy (non-hydrogen) atoms. The highest BCUT2D eigenvalue weighted by Crippen LogP contribution is 2.23. The fraction of sp³-hybridized carbons (Fsp3) is 0.500. The fourth-order valence-electron chi connectivity index (χ4n) is 1.56. The molecule has 3 heteroatoms. The quantitative estimate of drug-likeness (QED) is 0.809. The number of nitrogens with one attached hydrogen (secondary N) is 1. The molecule has 0 radical (unpaired) electrons. The molecule has 0 saturated carbocycles. The minimum Gasteiger partial charge on any atom is -0.394 e. The molecule has 0 unspecified atom stereocenters. The SMILES string of the molecule is CCC(CC)(CO)Nc1cccc(Cl)c1. The van der Waals surface area contributed by atoms with Gasteiger partial charge >= 0.3 is 0 Å². The third-order valence-corrected chi connectivity index (χ3v) is 3.13. The van der Waals surface area contributed by atoms with Crippen molar-refractivity contribution in [1.82, 2.24) is 0 Å². The van der Waals surface area contributed by atoms with Gasteiger partial charge in [-0.1, -0.05) is 31.5 Å². The molecule has 2 nitrogen and oxygen atoms in total. The van der Waals surface area contributed by atoms with Crippen molar-refractivity contribution < 1.29 is 5.11 Å². The highest BCUT2D eigenvalue weighted by Gasteiger charge is 2.24. The van der Waals surface area contributed by atoms with Gasteiger partial charge in [-0.05, 0) is 31.0 Å². The van der Waals surface area contributed by atoms with Crippen LogP contribution in [0.1, 0.15) is 26.7 Å². The number of aliphatic hydroxyl groups excluding tert-OH is 1. The Morgan fingerprint density at radius 2 is 2.00 bits per heavy atom. The van der Waals surface area contributed by atoms with Crippen LogP contribution in [-0.4, -0.2) is 17.3 Å². The van der Waals surface area contributed by atoms with Crippen molar-refractivity contribution in [3.8, 4) is 0 Å². The van der Waals surface area contributed by atoms with Crippen molar-refractivity contribution in [2.45, 2.75) is 32.2 Å². The van der Waals surface area contributed by atoms with Crippen LogP contribution in [0.2, 0.25) is 5.02 Å². The highest BCUT2D eigenvalue weighted by molar-refractivity contribution is 6.30. The summed E-state index contributed by atoms with van der Waals surface area (Å²) in [5.74, 6) is 0. The highest BCUT2D eigenvalue weighted by atomic mass is 35.5. The van der Waals surface area contributed by atoms with Gasteiger partial charge in [-0.3, -0.25) is 0 Å². The summed E-state index contributed by atoms with van der Waals surface area (Å²) in [5.41, 5.74) is 0.727. The smallest absolute Gasteiger partial charge is 0.0661 e. The van der Waals surface area contributed by atoms with Crippen molar-refractivity contribution in [1.29, 1.82) is 0 Å². The summed E-state index contributed by atoms with van der Waals surface area (Å²) < 4.78 is 0. The Labute approximate surface area is 96.3 Å². The maximum atomic E-state index is 9.41. The predicted octanol–water partition coefficient (Wildman–Crippen LogP) is 3.30. The zero-order chi connectivity index (χ0) is 11.3. The molecule has 0 atom stereocenters. The van der Waals surface area contributed by atoms with Crippen molar-refractivity contribution in [2.75, 3.05) is 11.9 Å². The van der Waals surface area contributed by atoms with Crippen molar-refractivity contribution in [3.63, 3.8) is 0 Å². The van der Waals surface area contributed by atoms with E-state index < -0.39 is 0 Å². The lowest BCUT2D eigenvalue weighted by molar-refractivity contribution is 0.202. The molecule has 1 rings (SSSR count). The summed E-state index contributed by atoms with van der Waals surface area (Å²) in [5, 5.41) is 13.5. The van der Waals surface area contributed by atoms with Crippen molar-refractivity contribution >= 4 is 17.3 Å². The van der Waals surface area contributed by atoms with Gasteiger partial charge in [-0.25, -0.2) is 0 Å². The first kappa shape index (κ1) is 12.3. The normalized spacial score (nSPS) is 11.5. The standard InChI is InChI=1S/C12H18ClNO/c1-3-12(4-2,9-15)14-11-7-5-6-10(13)8-11/h5-8,14-15H,3-4,9H2,1-2H3. The summed E-state index contributed by atoms with van der Waals surface area (Å²) in [6, 6.07) is 7.57. The van der Waals surface area contributed by atoms with E-state index in [9.17, 15) is 5.11 Å². The van der Waals surface area contributed by atoms with E-state index >= 15 is 0 Å². The molecule has 1 aromatic rings. The molecule has 1 aromatic carbocycles. The third kappa shape index (κ3) is 3.11. The Hall–Kier alpha value is -0.730.